The first-order valence-corrected chi connectivity index (χ1v) is 5.63. The Balaban J connectivity index is 2.50. The van der Waals surface area contributed by atoms with Gasteiger partial charge in [-0.3, -0.25) is 0 Å². The van der Waals surface area contributed by atoms with E-state index in [0.717, 1.165) is 5.56 Å². The van der Waals surface area contributed by atoms with Crippen LogP contribution in [0.15, 0.2) is 24.4 Å². The Kier molecular flexibility index (Phi) is 3.41. The van der Waals surface area contributed by atoms with E-state index in [0.29, 0.717) is 17.9 Å². The van der Waals surface area contributed by atoms with Crippen LogP contribution in [0.25, 0.3) is 11.3 Å². The first kappa shape index (κ1) is 12.3. The van der Waals surface area contributed by atoms with Crippen molar-refractivity contribution in [2.75, 3.05) is 12.3 Å². The number of hydrogen-bond donors (Lipinski definition) is 1. The minimum Gasteiger partial charge on any atom is -0.475 e. The van der Waals surface area contributed by atoms with E-state index in [1.54, 1.807) is 6.07 Å². The molecule has 94 valence electrons. The van der Waals surface area contributed by atoms with Gasteiger partial charge in [-0.1, -0.05) is 6.07 Å². The third kappa shape index (κ3) is 2.40. The highest BCUT2D eigenvalue weighted by molar-refractivity contribution is 5.64. The number of ether oxygens (including phenoxy) is 1. The largest absolute Gasteiger partial charge is 0.475 e. The fourth-order valence-corrected chi connectivity index (χ4v) is 1.62. The molecule has 1 heterocycles. The summed E-state index contributed by atoms with van der Waals surface area (Å²) in [5, 5.41) is 0. The first-order chi connectivity index (χ1) is 8.61. The van der Waals surface area contributed by atoms with E-state index < -0.39 is 0 Å². The van der Waals surface area contributed by atoms with Crippen LogP contribution in [0.4, 0.5) is 10.2 Å². The second-order valence-electron chi connectivity index (χ2n) is 3.84. The number of hydrogen-bond acceptors (Lipinski definition) is 4. The summed E-state index contributed by atoms with van der Waals surface area (Å²) >= 11 is 0. The van der Waals surface area contributed by atoms with Gasteiger partial charge in [0.25, 0.3) is 5.88 Å². The Morgan fingerprint density at radius 1 is 1.39 bits per heavy atom. The molecule has 1 aromatic heterocycles. The van der Waals surface area contributed by atoms with Crippen molar-refractivity contribution < 1.29 is 9.13 Å². The van der Waals surface area contributed by atoms with Crippen LogP contribution in [-0.4, -0.2) is 16.6 Å². The molecule has 0 fully saturated rings. The molecule has 2 N–H and O–H groups in total. The number of halogens is 1. The van der Waals surface area contributed by atoms with Crippen molar-refractivity contribution in [3.05, 3.63) is 35.8 Å². The molecule has 0 spiro atoms. The lowest BCUT2D eigenvalue weighted by Gasteiger charge is -2.09. The van der Waals surface area contributed by atoms with E-state index in [1.807, 2.05) is 13.8 Å². The fraction of sp³-hybridized carbons (Fsp3) is 0.231. The maximum atomic E-state index is 13.3. The third-order valence-electron chi connectivity index (χ3n) is 2.52. The molecule has 18 heavy (non-hydrogen) atoms. The van der Waals surface area contributed by atoms with Crippen LogP contribution in [0, 0.1) is 12.7 Å². The fourth-order valence-electron chi connectivity index (χ4n) is 1.62. The molecule has 0 amide bonds. The Morgan fingerprint density at radius 2 is 2.17 bits per heavy atom. The summed E-state index contributed by atoms with van der Waals surface area (Å²) in [5.41, 5.74) is 7.79. The van der Waals surface area contributed by atoms with Crippen LogP contribution in [0.3, 0.4) is 0 Å². The number of rotatable bonds is 3. The van der Waals surface area contributed by atoms with Crippen molar-refractivity contribution in [2.24, 2.45) is 0 Å². The Morgan fingerprint density at radius 3 is 2.89 bits per heavy atom. The van der Waals surface area contributed by atoms with E-state index in [2.05, 4.69) is 9.97 Å². The zero-order valence-electron chi connectivity index (χ0n) is 10.3. The van der Waals surface area contributed by atoms with Crippen molar-refractivity contribution in [1.29, 1.82) is 0 Å². The van der Waals surface area contributed by atoms with Crippen LogP contribution in [0.1, 0.15) is 12.5 Å². The highest BCUT2D eigenvalue weighted by Crippen LogP contribution is 2.25. The molecule has 0 aliphatic rings. The molecular weight excluding hydrogens is 233 g/mol. The molecule has 2 rings (SSSR count). The molecule has 0 unspecified atom stereocenters. The van der Waals surface area contributed by atoms with E-state index in [-0.39, 0.29) is 17.5 Å². The van der Waals surface area contributed by atoms with Gasteiger partial charge in [-0.2, -0.15) is 0 Å². The van der Waals surface area contributed by atoms with Gasteiger partial charge < -0.3 is 10.5 Å². The van der Waals surface area contributed by atoms with Crippen molar-refractivity contribution in [3.63, 3.8) is 0 Å². The standard InChI is InChI=1S/C13H14FN3O/c1-3-18-13-12(15)16-7-11(17-13)10-6-9(14)5-4-8(10)2/h4-7H,3H2,1-2H3,(H2,15,16). The predicted molar refractivity (Wildman–Crippen MR) is 67.7 cm³/mol. The van der Waals surface area contributed by atoms with Gasteiger partial charge in [0.05, 0.1) is 18.5 Å². The number of anilines is 1. The molecule has 0 atom stereocenters. The highest BCUT2D eigenvalue weighted by Gasteiger charge is 2.10. The van der Waals surface area contributed by atoms with Crippen LogP contribution < -0.4 is 10.5 Å². The summed E-state index contributed by atoms with van der Waals surface area (Å²) in [4.78, 5) is 8.27. The maximum absolute atomic E-state index is 13.3. The summed E-state index contributed by atoms with van der Waals surface area (Å²) < 4.78 is 18.5. The normalized spacial score (nSPS) is 10.4. The molecular formula is C13H14FN3O. The van der Waals surface area contributed by atoms with Crippen molar-refractivity contribution in [2.45, 2.75) is 13.8 Å². The lowest BCUT2D eigenvalue weighted by Crippen LogP contribution is -2.03. The van der Waals surface area contributed by atoms with Crippen LogP contribution in [0.2, 0.25) is 0 Å². The number of aryl methyl sites for hydroxylation is 1. The number of nitrogens with two attached hydrogens (primary N) is 1. The van der Waals surface area contributed by atoms with Crippen LogP contribution in [0.5, 0.6) is 5.88 Å². The second kappa shape index (κ2) is 5.00. The van der Waals surface area contributed by atoms with Crippen LogP contribution >= 0.6 is 0 Å². The first-order valence-electron chi connectivity index (χ1n) is 5.63. The van der Waals surface area contributed by atoms with Gasteiger partial charge in [-0.05, 0) is 31.5 Å². The van der Waals surface area contributed by atoms with Gasteiger partial charge in [0.1, 0.15) is 5.82 Å². The SMILES string of the molecule is CCOc1nc(-c2cc(F)ccc2C)cnc1N. The molecule has 0 bridgehead atoms. The van der Waals surface area contributed by atoms with Crippen LogP contribution in [-0.2, 0) is 0 Å². The summed E-state index contributed by atoms with van der Waals surface area (Å²) in [6, 6.07) is 4.53. The van der Waals surface area contributed by atoms with E-state index in [9.17, 15) is 4.39 Å². The minimum absolute atomic E-state index is 0.231. The molecule has 1 aromatic carbocycles. The van der Waals surface area contributed by atoms with Gasteiger partial charge in [-0.25, -0.2) is 14.4 Å². The van der Waals surface area contributed by atoms with Gasteiger partial charge >= 0.3 is 0 Å². The quantitative estimate of drug-likeness (QED) is 0.905. The van der Waals surface area contributed by atoms with Gasteiger partial charge in [0.2, 0.25) is 0 Å². The molecule has 4 nitrogen and oxygen atoms in total. The summed E-state index contributed by atoms with van der Waals surface area (Å²) in [7, 11) is 0. The topological polar surface area (TPSA) is 61.0 Å². The van der Waals surface area contributed by atoms with Gasteiger partial charge in [0.15, 0.2) is 5.82 Å². The maximum Gasteiger partial charge on any atom is 0.257 e. The number of benzene rings is 1. The molecule has 0 aliphatic carbocycles. The van der Waals surface area contributed by atoms with Gasteiger partial charge in [0, 0.05) is 5.56 Å². The molecule has 0 saturated heterocycles. The number of nitrogens with zero attached hydrogens (tertiary/aromatic N) is 2. The zero-order valence-corrected chi connectivity index (χ0v) is 10.3. The number of nitrogen functional groups attached to an aromatic ring is 1. The average Bonchev–Trinajstić information content (AvgIpc) is 2.35. The Bertz CT molecular complexity index is 572. The molecule has 5 heteroatoms. The van der Waals surface area contributed by atoms with Crippen molar-refractivity contribution in [1.82, 2.24) is 9.97 Å². The van der Waals surface area contributed by atoms with Gasteiger partial charge in [-0.15, -0.1) is 0 Å². The molecule has 0 saturated carbocycles. The number of aromatic nitrogens is 2. The monoisotopic (exact) mass is 247 g/mol. The average molecular weight is 247 g/mol. The van der Waals surface area contributed by atoms with Crippen molar-refractivity contribution in [3.8, 4) is 17.1 Å². The van der Waals surface area contributed by atoms with Crippen molar-refractivity contribution >= 4 is 5.82 Å². The summed E-state index contributed by atoms with van der Waals surface area (Å²) in [6.07, 6.45) is 1.51. The summed E-state index contributed by atoms with van der Waals surface area (Å²) in [6.45, 7) is 4.17. The Labute approximate surface area is 105 Å². The predicted octanol–water partition coefficient (Wildman–Crippen LogP) is 2.57. The Hall–Kier alpha value is -2.17. The zero-order chi connectivity index (χ0) is 13.1. The van der Waals surface area contributed by atoms with E-state index in [4.69, 9.17) is 10.5 Å². The van der Waals surface area contributed by atoms with E-state index in [1.165, 1.54) is 18.3 Å². The molecule has 0 aliphatic heterocycles. The lowest BCUT2D eigenvalue weighted by molar-refractivity contribution is 0.328. The lowest BCUT2D eigenvalue weighted by atomic mass is 10.1. The molecule has 2 aromatic rings. The highest BCUT2D eigenvalue weighted by atomic mass is 19.1. The molecule has 0 radical (unpaired) electrons. The smallest absolute Gasteiger partial charge is 0.257 e. The van der Waals surface area contributed by atoms with E-state index >= 15 is 0 Å². The third-order valence-corrected chi connectivity index (χ3v) is 2.52. The summed E-state index contributed by atoms with van der Waals surface area (Å²) in [5.74, 6) is 0.195. The second-order valence-corrected chi connectivity index (χ2v) is 3.84. The minimum atomic E-state index is -0.313.